The summed E-state index contributed by atoms with van der Waals surface area (Å²) in [6.45, 7) is 0. The average Bonchev–Trinajstić information content (AvgIpc) is 2.28. The first-order valence-electron chi connectivity index (χ1n) is 4.65. The molecule has 0 aromatic heterocycles. The molecule has 0 radical (unpaired) electrons. The van der Waals surface area contributed by atoms with Gasteiger partial charge in [0.1, 0.15) is 0 Å². The van der Waals surface area contributed by atoms with Gasteiger partial charge < -0.3 is 9.84 Å². The summed E-state index contributed by atoms with van der Waals surface area (Å²) >= 11 is 0. The lowest BCUT2D eigenvalue weighted by Crippen LogP contribution is -2.10. The Morgan fingerprint density at radius 2 is 2.29 bits per heavy atom. The van der Waals surface area contributed by atoms with Gasteiger partial charge in [0, 0.05) is 11.6 Å². The van der Waals surface area contributed by atoms with Crippen molar-refractivity contribution >= 4 is 11.7 Å². The van der Waals surface area contributed by atoms with Gasteiger partial charge in [0.2, 0.25) is 5.82 Å². The van der Waals surface area contributed by atoms with Crippen molar-refractivity contribution in [2.45, 2.75) is 12.5 Å². The minimum atomic E-state index is -1.47. The highest BCUT2D eigenvalue weighted by Gasteiger charge is 2.23. The maximum Gasteiger partial charge on any atom is 0.308 e. The van der Waals surface area contributed by atoms with Crippen LogP contribution in [0.15, 0.2) is 18.2 Å². The van der Waals surface area contributed by atoms with E-state index in [1.54, 1.807) is 0 Å². The quantitative estimate of drug-likeness (QED) is 0.489. The third-order valence-electron chi connectivity index (χ3n) is 2.15. The van der Waals surface area contributed by atoms with Crippen molar-refractivity contribution in [2.75, 3.05) is 7.11 Å². The van der Waals surface area contributed by atoms with Crippen LogP contribution in [0.25, 0.3) is 0 Å². The molecule has 1 unspecified atom stereocenters. The highest BCUT2D eigenvalue weighted by atomic mass is 19.1. The zero-order valence-corrected chi connectivity index (χ0v) is 8.92. The summed E-state index contributed by atoms with van der Waals surface area (Å²) in [5.74, 6) is -1.88. The summed E-state index contributed by atoms with van der Waals surface area (Å²) in [5, 5.41) is 20.0. The molecule has 0 fully saturated rings. The van der Waals surface area contributed by atoms with Gasteiger partial charge >= 0.3 is 11.7 Å². The van der Waals surface area contributed by atoms with Crippen LogP contribution in [0, 0.1) is 15.9 Å². The number of methoxy groups -OCH3 is 1. The Hall–Kier alpha value is -2.02. The number of hydrogen-bond acceptors (Lipinski definition) is 5. The fraction of sp³-hybridized carbons (Fsp3) is 0.300. The maximum atomic E-state index is 13.6. The molecule has 0 amide bonds. The van der Waals surface area contributed by atoms with E-state index in [0.29, 0.717) is 0 Å². The van der Waals surface area contributed by atoms with Gasteiger partial charge in [-0.05, 0) is 0 Å². The highest BCUT2D eigenvalue weighted by Crippen LogP contribution is 2.26. The molecule has 1 atom stereocenters. The molecule has 6 nitrogen and oxygen atoms in total. The number of nitrogens with zero attached hydrogens (tertiary/aromatic N) is 1. The van der Waals surface area contributed by atoms with Crippen LogP contribution in [0.2, 0.25) is 0 Å². The number of ether oxygens (including phenoxy) is 1. The van der Waals surface area contributed by atoms with E-state index in [-0.39, 0.29) is 5.56 Å². The standard InChI is InChI=1S/C10H10FNO5/c1-17-9(14)5-8(13)6-3-2-4-7(10(6)11)12(15)16/h2-4,8,13H,5H2,1H3. The number of nitro groups is 1. The summed E-state index contributed by atoms with van der Waals surface area (Å²) in [4.78, 5) is 20.5. The van der Waals surface area contributed by atoms with Crippen molar-refractivity contribution in [3.63, 3.8) is 0 Å². The van der Waals surface area contributed by atoms with Crippen LogP contribution in [0.1, 0.15) is 18.1 Å². The number of aliphatic hydroxyl groups is 1. The monoisotopic (exact) mass is 243 g/mol. The van der Waals surface area contributed by atoms with Gasteiger partial charge in [-0.15, -0.1) is 0 Å². The minimum Gasteiger partial charge on any atom is -0.469 e. The van der Waals surface area contributed by atoms with Gasteiger partial charge in [-0.2, -0.15) is 4.39 Å². The first kappa shape index (κ1) is 13.0. The second-order valence-corrected chi connectivity index (χ2v) is 3.23. The van der Waals surface area contributed by atoms with Gasteiger partial charge in [0.15, 0.2) is 0 Å². The van der Waals surface area contributed by atoms with Crippen LogP contribution in [0.4, 0.5) is 10.1 Å². The number of carbonyl (C=O) groups is 1. The normalized spacial score (nSPS) is 11.9. The first-order chi connectivity index (χ1) is 7.97. The molecule has 0 aliphatic heterocycles. The molecule has 0 heterocycles. The van der Waals surface area contributed by atoms with Crippen molar-refractivity contribution in [3.05, 3.63) is 39.7 Å². The molecule has 0 saturated heterocycles. The Kier molecular flexibility index (Phi) is 4.11. The van der Waals surface area contributed by atoms with Crippen LogP contribution in [0.5, 0.6) is 0 Å². The molecule has 17 heavy (non-hydrogen) atoms. The molecule has 1 rings (SSSR count). The molecular formula is C10H10FNO5. The molecule has 7 heteroatoms. The largest absolute Gasteiger partial charge is 0.469 e. The second kappa shape index (κ2) is 5.35. The number of carbonyl (C=O) groups excluding carboxylic acids is 1. The van der Waals surface area contributed by atoms with Gasteiger partial charge in [-0.25, -0.2) is 0 Å². The Labute approximate surface area is 95.8 Å². The van der Waals surface area contributed by atoms with Gasteiger partial charge in [-0.1, -0.05) is 12.1 Å². The first-order valence-corrected chi connectivity index (χ1v) is 4.65. The van der Waals surface area contributed by atoms with Crippen LogP contribution in [-0.4, -0.2) is 23.1 Å². The van der Waals surface area contributed by atoms with E-state index >= 15 is 0 Å². The molecular weight excluding hydrogens is 233 g/mol. The lowest BCUT2D eigenvalue weighted by atomic mass is 10.1. The van der Waals surface area contributed by atoms with Crippen molar-refractivity contribution < 1.29 is 24.0 Å². The fourth-order valence-electron chi connectivity index (χ4n) is 1.29. The number of benzene rings is 1. The molecule has 0 bridgehead atoms. The molecule has 1 aromatic carbocycles. The molecule has 92 valence electrons. The van der Waals surface area contributed by atoms with Crippen molar-refractivity contribution in [1.82, 2.24) is 0 Å². The van der Waals surface area contributed by atoms with Gasteiger partial charge in [0.25, 0.3) is 0 Å². The minimum absolute atomic E-state index is 0.301. The molecule has 0 aliphatic rings. The summed E-state index contributed by atoms with van der Waals surface area (Å²) in [5.41, 5.74) is -1.05. The van der Waals surface area contributed by atoms with Gasteiger partial charge in [0.05, 0.1) is 24.6 Å². The summed E-state index contributed by atoms with van der Waals surface area (Å²) in [6.07, 6.45) is -1.93. The molecule has 0 saturated carbocycles. The maximum absolute atomic E-state index is 13.6. The molecule has 1 N–H and O–H groups in total. The molecule has 0 spiro atoms. The van der Waals surface area contributed by atoms with E-state index in [4.69, 9.17) is 0 Å². The molecule has 0 aliphatic carbocycles. The lowest BCUT2D eigenvalue weighted by molar-refractivity contribution is -0.387. The van der Waals surface area contributed by atoms with Crippen LogP contribution < -0.4 is 0 Å². The molecule has 1 aromatic rings. The predicted molar refractivity (Wildman–Crippen MR) is 54.6 cm³/mol. The summed E-state index contributed by atoms with van der Waals surface area (Å²) < 4.78 is 17.9. The Balaban J connectivity index is 3.02. The smallest absolute Gasteiger partial charge is 0.308 e. The van der Waals surface area contributed by atoms with E-state index in [0.717, 1.165) is 13.2 Å². The van der Waals surface area contributed by atoms with Crippen LogP contribution in [-0.2, 0) is 9.53 Å². The third kappa shape index (κ3) is 2.97. The van der Waals surface area contributed by atoms with E-state index in [2.05, 4.69) is 4.74 Å². The van der Waals surface area contributed by atoms with E-state index < -0.39 is 34.9 Å². The predicted octanol–water partition coefficient (Wildman–Crippen LogP) is 1.33. The number of hydrogen-bond donors (Lipinski definition) is 1. The third-order valence-corrected chi connectivity index (χ3v) is 2.15. The van der Waals surface area contributed by atoms with E-state index in [1.807, 2.05) is 0 Å². The Morgan fingerprint density at radius 3 is 2.82 bits per heavy atom. The number of halogens is 1. The summed E-state index contributed by atoms with van der Waals surface area (Å²) in [6, 6.07) is 3.39. The number of aliphatic hydroxyl groups excluding tert-OH is 1. The van der Waals surface area contributed by atoms with Gasteiger partial charge in [-0.3, -0.25) is 14.9 Å². The zero-order chi connectivity index (χ0) is 13.0. The van der Waals surface area contributed by atoms with E-state index in [1.165, 1.54) is 12.1 Å². The Morgan fingerprint density at radius 1 is 1.65 bits per heavy atom. The highest BCUT2D eigenvalue weighted by molar-refractivity contribution is 5.70. The number of esters is 1. The number of rotatable bonds is 4. The fourth-order valence-corrected chi connectivity index (χ4v) is 1.29. The van der Waals surface area contributed by atoms with Crippen molar-refractivity contribution in [1.29, 1.82) is 0 Å². The van der Waals surface area contributed by atoms with Crippen LogP contribution in [0.3, 0.4) is 0 Å². The topological polar surface area (TPSA) is 89.7 Å². The van der Waals surface area contributed by atoms with Crippen molar-refractivity contribution in [3.8, 4) is 0 Å². The average molecular weight is 243 g/mol. The number of nitro benzene ring substituents is 1. The lowest BCUT2D eigenvalue weighted by Gasteiger charge is -2.10. The Bertz CT molecular complexity index is 448. The van der Waals surface area contributed by atoms with E-state index in [9.17, 15) is 24.4 Å². The van der Waals surface area contributed by atoms with Crippen molar-refractivity contribution in [2.24, 2.45) is 0 Å². The summed E-state index contributed by atoms with van der Waals surface area (Å²) in [7, 11) is 1.12. The zero-order valence-electron chi connectivity index (χ0n) is 8.92. The van der Waals surface area contributed by atoms with Crippen LogP contribution >= 0.6 is 0 Å². The SMILES string of the molecule is COC(=O)CC(O)c1cccc([N+](=O)[O-])c1F. The second-order valence-electron chi connectivity index (χ2n) is 3.23.